The molecule has 0 saturated heterocycles. The molecular weight excluding hydrogens is 289 g/mol. The van der Waals surface area contributed by atoms with Crippen molar-refractivity contribution in [3.63, 3.8) is 0 Å². The van der Waals surface area contributed by atoms with Gasteiger partial charge in [0, 0.05) is 23.7 Å². The second-order valence-corrected chi connectivity index (χ2v) is 6.12. The molecule has 20 heavy (non-hydrogen) atoms. The van der Waals surface area contributed by atoms with Gasteiger partial charge in [-0.05, 0) is 32.6 Å². The van der Waals surface area contributed by atoms with Crippen LogP contribution < -0.4 is 5.32 Å². The fourth-order valence-electron chi connectivity index (χ4n) is 2.41. The first kappa shape index (κ1) is 15.7. The van der Waals surface area contributed by atoms with E-state index in [-0.39, 0.29) is 12.1 Å². The molecule has 0 radical (unpaired) electrons. The predicted octanol–water partition coefficient (Wildman–Crippen LogP) is 3.43. The molecule has 3 nitrogen and oxygen atoms in total. The summed E-state index contributed by atoms with van der Waals surface area (Å²) in [5.74, 6) is 0. The Hall–Kier alpha value is -0.660. The Labute approximate surface area is 120 Å². The lowest BCUT2D eigenvalue weighted by Crippen LogP contribution is -2.37. The third kappa shape index (κ3) is 5.38. The maximum Gasteiger partial charge on any atom is 0.411 e. The molecule has 2 unspecified atom stereocenters. The van der Waals surface area contributed by atoms with Gasteiger partial charge in [-0.15, -0.1) is 11.3 Å². The van der Waals surface area contributed by atoms with Gasteiger partial charge in [-0.2, -0.15) is 13.2 Å². The largest absolute Gasteiger partial charge is 0.411 e. The standard InChI is InChI=1S/C13H19F3N2OS/c1-9-7-20-12(18-9)6-17-10-3-2-4-11(5-10)19-8-13(14,15)16/h7,10-11,17H,2-6,8H2,1H3. The highest BCUT2D eigenvalue weighted by Crippen LogP contribution is 2.24. The first-order chi connectivity index (χ1) is 9.42. The number of rotatable bonds is 5. The lowest BCUT2D eigenvalue weighted by atomic mass is 9.93. The number of nitrogens with zero attached hydrogens (tertiary/aromatic N) is 1. The molecule has 2 atom stereocenters. The molecule has 0 aromatic carbocycles. The van der Waals surface area contributed by atoms with Gasteiger partial charge in [0.15, 0.2) is 0 Å². The molecular formula is C13H19F3N2OS. The Balaban J connectivity index is 1.73. The van der Waals surface area contributed by atoms with Crippen LogP contribution in [0, 0.1) is 6.92 Å². The van der Waals surface area contributed by atoms with E-state index in [1.54, 1.807) is 11.3 Å². The molecule has 1 aromatic rings. The number of ether oxygens (including phenoxy) is 1. The van der Waals surface area contributed by atoms with Crippen LogP contribution in [0.2, 0.25) is 0 Å². The van der Waals surface area contributed by atoms with E-state index in [1.807, 2.05) is 12.3 Å². The van der Waals surface area contributed by atoms with Crippen LogP contribution in [0.25, 0.3) is 0 Å². The van der Waals surface area contributed by atoms with Crippen molar-refractivity contribution in [1.29, 1.82) is 0 Å². The molecule has 1 heterocycles. The van der Waals surface area contributed by atoms with Gasteiger partial charge in [-0.25, -0.2) is 4.98 Å². The van der Waals surface area contributed by atoms with Crippen LogP contribution in [0.3, 0.4) is 0 Å². The van der Waals surface area contributed by atoms with E-state index in [4.69, 9.17) is 4.74 Å². The number of hydrogen-bond acceptors (Lipinski definition) is 4. The summed E-state index contributed by atoms with van der Waals surface area (Å²) in [6.45, 7) is 1.48. The third-order valence-corrected chi connectivity index (χ3v) is 4.28. The van der Waals surface area contributed by atoms with Gasteiger partial charge in [-0.1, -0.05) is 0 Å². The number of hydrogen-bond donors (Lipinski definition) is 1. The quantitative estimate of drug-likeness (QED) is 0.905. The second kappa shape index (κ2) is 6.87. The monoisotopic (exact) mass is 308 g/mol. The Morgan fingerprint density at radius 3 is 2.90 bits per heavy atom. The molecule has 0 spiro atoms. The number of aryl methyl sites for hydroxylation is 1. The molecule has 1 N–H and O–H groups in total. The fraction of sp³-hybridized carbons (Fsp3) is 0.769. The molecule has 7 heteroatoms. The molecule has 1 saturated carbocycles. The number of alkyl halides is 3. The fourth-order valence-corrected chi connectivity index (χ4v) is 3.13. The van der Waals surface area contributed by atoms with Crippen molar-refractivity contribution >= 4 is 11.3 Å². The molecule has 114 valence electrons. The summed E-state index contributed by atoms with van der Waals surface area (Å²) in [4.78, 5) is 4.36. The summed E-state index contributed by atoms with van der Waals surface area (Å²) >= 11 is 1.60. The topological polar surface area (TPSA) is 34.1 Å². The van der Waals surface area contributed by atoms with Gasteiger partial charge in [0.2, 0.25) is 0 Å². The Morgan fingerprint density at radius 1 is 1.45 bits per heavy atom. The zero-order valence-electron chi connectivity index (χ0n) is 11.4. The summed E-state index contributed by atoms with van der Waals surface area (Å²) < 4.78 is 41.4. The molecule has 1 fully saturated rings. The summed E-state index contributed by atoms with van der Waals surface area (Å²) in [5.41, 5.74) is 1.00. The molecule has 0 amide bonds. The summed E-state index contributed by atoms with van der Waals surface area (Å²) in [7, 11) is 0. The first-order valence-corrected chi connectivity index (χ1v) is 7.63. The zero-order chi connectivity index (χ0) is 14.6. The first-order valence-electron chi connectivity index (χ1n) is 6.75. The summed E-state index contributed by atoms with van der Waals surface area (Å²) in [6, 6.07) is 0.214. The molecule has 0 bridgehead atoms. The van der Waals surface area contributed by atoms with E-state index in [0.29, 0.717) is 19.4 Å². The van der Waals surface area contributed by atoms with E-state index in [2.05, 4.69) is 10.3 Å². The minimum absolute atomic E-state index is 0.214. The SMILES string of the molecule is Cc1csc(CNC2CCCC(OCC(F)(F)F)C2)n1. The van der Waals surface area contributed by atoms with Gasteiger partial charge >= 0.3 is 6.18 Å². The summed E-state index contributed by atoms with van der Waals surface area (Å²) in [6.07, 6.45) is -1.29. The number of nitrogens with one attached hydrogen (secondary N) is 1. The van der Waals surface area contributed by atoms with Crippen LogP contribution in [-0.2, 0) is 11.3 Å². The van der Waals surface area contributed by atoms with Crippen molar-refractivity contribution in [1.82, 2.24) is 10.3 Å². The van der Waals surface area contributed by atoms with Gasteiger partial charge in [0.25, 0.3) is 0 Å². The number of thiazole rings is 1. The van der Waals surface area contributed by atoms with E-state index in [9.17, 15) is 13.2 Å². The third-order valence-electron chi connectivity index (χ3n) is 3.32. The average Bonchev–Trinajstić information content (AvgIpc) is 2.80. The normalized spacial score (nSPS) is 24.0. The van der Waals surface area contributed by atoms with Crippen molar-refractivity contribution < 1.29 is 17.9 Å². The maximum absolute atomic E-state index is 12.1. The van der Waals surface area contributed by atoms with E-state index in [1.165, 1.54) is 0 Å². The van der Waals surface area contributed by atoms with Crippen molar-refractivity contribution in [3.8, 4) is 0 Å². The summed E-state index contributed by atoms with van der Waals surface area (Å²) in [5, 5.41) is 6.37. The van der Waals surface area contributed by atoms with Gasteiger partial charge in [-0.3, -0.25) is 0 Å². The smallest absolute Gasteiger partial charge is 0.369 e. The molecule has 0 aliphatic heterocycles. The van der Waals surface area contributed by atoms with Crippen molar-refractivity contribution in [2.24, 2.45) is 0 Å². The highest BCUT2D eigenvalue weighted by atomic mass is 32.1. The van der Waals surface area contributed by atoms with Gasteiger partial charge in [0.05, 0.1) is 6.10 Å². The highest BCUT2D eigenvalue weighted by molar-refractivity contribution is 7.09. The average molecular weight is 308 g/mol. The molecule has 2 rings (SSSR count). The Kier molecular flexibility index (Phi) is 5.40. The van der Waals surface area contributed by atoms with Crippen LogP contribution in [-0.4, -0.2) is 29.9 Å². The Bertz CT molecular complexity index is 422. The number of halogens is 3. The lowest BCUT2D eigenvalue weighted by molar-refractivity contribution is -0.188. The van der Waals surface area contributed by atoms with Crippen molar-refractivity contribution in [2.75, 3.05) is 6.61 Å². The van der Waals surface area contributed by atoms with Crippen LogP contribution in [0.4, 0.5) is 13.2 Å². The van der Waals surface area contributed by atoms with Crippen LogP contribution >= 0.6 is 11.3 Å². The van der Waals surface area contributed by atoms with Crippen molar-refractivity contribution in [3.05, 3.63) is 16.1 Å². The zero-order valence-corrected chi connectivity index (χ0v) is 12.2. The minimum atomic E-state index is -4.24. The molecule has 1 aliphatic carbocycles. The molecule has 1 aliphatic rings. The Morgan fingerprint density at radius 2 is 2.25 bits per heavy atom. The van der Waals surface area contributed by atoms with E-state index in [0.717, 1.165) is 23.5 Å². The predicted molar refractivity (Wildman–Crippen MR) is 71.7 cm³/mol. The van der Waals surface area contributed by atoms with E-state index < -0.39 is 12.8 Å². The van der Waals surface area contributed by atoms with Crippen molar-refractivity contribution in [2.45, 2.75) is 57.5 Å². The van der Waals surface area contributed by atoms with Crippen LogP contribution in [0.1, 0.15) is 36.4 Å². The second-order valence-electron chi connectivity index (χ2n) is 5.18. The minimum Gasteiger partial charge on any atom is -0.369 e. The lowest BCUT2D eigenvalue weighted by Gasteiger charge is -2.30. The van der Waals surface area contributed by atoms with Crippen LogP contribution in [0.15, 0.2) is 5.38 Å². The maximum atomic E-state index is 12.1. The van der Waals surface area contributed by atoms with Crippen LogP contribution in [0.5, 0.6) is 0 Å². The van der Waals surface area contributed by atoms with Gasteiger partial charge in [0.1, 0.15) is 11.6 Å². The van der Waals surface area contributed by atoms with Gasteiger partial charge < -0.3 is 10.1 Å². The highest BCUT2D eigenvalue weighted by Gasteiger charge is 2.31. The molecule has 1 aromatic heterocycles. The van der Waals surface area contributed by atoms with E-state index >= 15 is 0 Å². The number of aromatic nitrogens is 1.